The van der Waals surface area contributed by atoms with E-state index < -0.39 is 5.91 Å². The molecule has 28 heavy (non-hydrogen) atoms. The monoisotopic (exact) mass is 444 g/mol. The molecule has 0 saturated carbocycles. The Morgan fingerprint density at radius 1 is 1.18 bits per heavy atom. The number of hydrogen-bond donors (Lipinski definition) is 1. The third kappa shape index (κ3) is 5.51. The largest absolute Gasteiger partial charge is 0.497 e. The number of halogens is 1. The Morgan fingerprint density at radius 3 is 2.43 bits per heavy atom. The molecule has 0 radical (unpaired) electrons. The van der Waals surface area contributed by atoms with E-state index in [9.17, 15) is 10.1 Å². The highest BCUT2D eigenvalue weighted by Gasteiger charge is 2.14. The molecule has 2 aromatic rings. The molecule has 0 aromatic heterocycles. The van der Waals surface area contributed by atoms with Crippen molar-refractivity contribution in [2.75, 3.05) is 25.6 Å². The van der Waals surface area contributed by atoms with E-state index in [4.69, 9.17) is 14.2 Å². The number of nitrogens with one attached hydrogen (secondary N) is 1. The van der Waals surface area contributed by atoms with E-state index in [1.165, 1.54) is 6.08 Å². The average Bonchev–Trinajstić information content (AvgIpc) is 2.69. The first kappa shape index (κ1) is 21.3. The van der Waals surface area contributed by atoms with Gasteiger partial charge in [-0.1, -0.05) is 0 Å². The van der Waals surface area contributed by atoms with Crippen LogP contribution in [-0.4, -0.2) is 26.2 Å². The van der Waals surface area contributed by atoms with Gasteiger partial charge in [-0.3, -0.25) is 4.79 Å². The van der Waals surface area contributed by atoms with Gasteiger partial charge in [-0.05, 0) is 77.8 Å². The molecule has 1 N–H and O–H groups in total. The smallest absolute Gasteiger partial charge is 0.266 e. The van der Waals surface area contributed by atoms with Gasteiger partial charge in [-0.2, -0.15) is 5.26 Å². The topological polar surface area (TPSA) is 80.6 Å². The Balaban J connectivity index is 2.29. The van der Waals surface area contributed by atoms with Gasteiger partial charge in [0.15, 0.2) is 11.5 Å². The SMILES string of the molecule is CCOc1cc(C=C(C#N)C(=O)Nc2ccc(OC)cc2)cc(Br)c1OCC. The number of nitriles is 1. The van der Waals surface area contributed by atoms with Crippen LogP contribution < -0.4 is 19.5 Å². The van der Waals surface area contributed by atoms with Gasteiger partial charge in [-0.25, -0.2) is 0 Å². The number of ether oxygens (including phenoxy) is 3. The molecule has 1 amide bonds. The van der Waals surface area contributed by atoms with E-state index in [0.717, 1.165) is 0 Å². The lowest BCUT2D eigenvalue weighted by Crippen LogP contribution is -2.13. The summed E-state index contributed by atoms with van der Waals surface area (Å²) in [5.74, 6) is 1.30. The molecule has 0 unspecified atom stereocenters. The van der Waals surface area contributed by atoms with Gasteiger partial charge in [0.1, 0.15) is 17.4 Å². The van der Waals surface area contributed by atoms with E-state index >= 15 is 0 Å². The lowest BCUT2D eigenvalue weighted by Gasteiger charge is -2.13. The summed E-state index contributed by atoms with van der Waals surface area (Å²) in [6.45, 7) is 4.70. The molecular formula is C21H21BrN2O4. The maximum absolute atomic E-state index is 12.5. The lowest BCUT2D eigenvalue weighted by molar-refractivity contribution is -0.112. The highest BCUT2D eigenvalue weighted by atomic mass is 79.9. The maximum atomic E-state index is 12.5. The Morgan fingerprint density at radius 2 is 1.86 bits per heavy atom. The molecule has 2 aromatic carbocycles. The number of methoxy groups -OCH3 is 1. The van der Waals surface area contributed by atoms with E-state index in [1.807, 2.05) is 19.9 Å². The summed E-state index contributed by atoms with van der Waals surface area (Å²) in [7, 11) is 1.57. The zero-order chi connectivity index (χ0) is 20.5. The Labute approximate surface area is 172 Å². The second-order valence-electron chi connectivity index (χ2n) is 5.55. The van der Waals surface area contributed by atoms with E-state index in [1.54, 1.807) is 43.5 Å². The first-order valence-corrected chi connectivity index (χ1v) is 9.48. The third-order valence-corrected chi connectivity index (χ3v) is 4.23. The van der Waals surface area contributed by atoms with Gasteiger partial charge in [0.05, 0.1) is 24.8 Å². The molecular weight excluding hydrogens is 424 g/mol. The van der Waals surface area contributed by atoms with Crippen LogP contribution in [0.15, 0.2) is 46.4 Å². The van der Waals surface area contributed by atoms with Crippen molar-refractivity contribution in [3.8, 4) is 23.3 Å². The van der Waals surface area contributed by atoms with Crippen molar-refractivity contribution in [2.24, 2.45) is 0 Å². The van der Waals surface area contributed by atoms with Crippen molar-refractivity contribution >= 4 is 33.6 Å². The minimum atomic E-state index is -0.504. The molecule has 0 atom stereocenters. The van der Waals surface area contributed by atoms with Crippen LogP contribution in [0.1, 0.15) is 19.4 Å². The number of carbonyl (C=O) groups is 1. The molecule has 0 aliphatic heterocycles. The Bertz CT molecular complexity index is 902. The van der Waals surface area contributed by atoms with Gasteiger partial charge in [0.25, 0.3) is 5.91 Å². The molecule has 0 bridgehead atoms. The van der Waals surface area contributed by atoms with E-state index in [-0.39, 0.29) is 5.57 Å². The molecule has 0 aliphatic rings. The standard InChI is InChI=1S/C21H21BrN2O4/c1-4-27-19-12-14(11-18(22)20(19)28-5-2)10-15(13-23)21(25)24-16-6-8-17(26-3)9-7-16/h6-12H,4-5H2,1-3H3,(H,24,25). The lowest BCUT2D eigenvalue weighted by atomic mass is 10.1. The van der Waals surface area contributed by atoms with Gasteiger partial charge in [0, 0.05) is 5.69 Å². The summed E-state index contributed by atoms with van der Waals surface area (Å²) in [6, 6.07) is 12.3. The fourth-order valence-electron chi connectivity index (χ4n) is 2.41. The number of hydrogen-bond acceptors (Lipinski definition) is 5. The Kier molecular flexibility index (Phi) is 7.90. The van der Waals surface area contributed by atoms with Gasteiger partial charge in [-0.15, -0.1) is 0 Å². The predicted octanol–water partition coefficient (Wildman–Crippen LogP) is 4.80. The number of carbonyl (C=O) groups excluding carboxylic acids is 1. The molecule has 0 saturated heterocycles. The molecule has 7 heteroatoms. The summed E-state index contributed by atoms with van der Waals surface area (Å²) in [5.41, 5.74) is 1.17. The van der Waals surface area contributed by atoms with Gasteiger partial charge < -0.3 is 19.5 Å². The number of benzene rings is 2. The maximum Gasteiger partial charge on any atom is 0.266 e. The minimum absolute atomic E-state index is 0.0330. The van der Waals surface area contributed by atoms with Crippen LogP contribution in [0.25, 0.3) is 6.08 Å². The second kappa shape index (κ2) is 10.4. The molecule has 0 fully saturated rings. The van der Waals surface area contributed by atoms with Crippen molar-refractivity contribution in [3.63, 3.8) is 0 Å². The summed E-state index contributed by atoms with van der Waals surface area (Å²) in [4.78, 5) is 12.5. The van der Waals surface area contributed by atoms with Crippen LogP contribution in [0.4, 0.5) is 5.69 Å². The second-order valence-corrected chi connectivity index (χ2v) is 6.40. The van der Waals surface area contributed by atoms with Crippen molar-refractivity contribution in [3.05, 3.63) is 52.0 Å². The molecule has 2 rings (SSSR count). The zero-order valence-corrected chi connectivity index (χ0v) is 17.5. The van der Waals surface area contributed by atoms with Crippen LogP contribution in [0.5, 0.6) is 17.2 Å². The number of nitrogens with zero attached hydrogens (tertiary/aromatic N) is 1. The minimum Gasteiger partial charge on any atom is -0.497 e. The summed E-state index contributed by atoms with van der Waals surface area (Å²) < 4.78 is 17.0. The number of amides is 1. The fourth-order valence-corrected chi connectivity index (χ4v) is 2.98. The van der Waals surface area contributed by atoms with Gasteiger partial charge in [0.2, 0.25) is 0 Å². The predicted molar refractivity (Wildman–Crippen MR) is 112 cm³/mol. The van der Waals surface area contributed by atoms with Crippen LogP contribution in [0.3, 0.4) is 0 Å². The van der Waals surface area contributed by atoms with Crippen LogP contribution >= 0.6 is 15.9 Å². The molecule has 146 valence electrons. The molecule has 0 spiro atoms. The first-order chi connectivity index (χ1) is 13.5. The Hall–Kier alpha value is -2.98. The highest BCUT2D eigenvalue weighted by molar-refractivity contribution is 9.10. The van der Waals surface area contributed by atoms with Crippen LogP contribution in [-0.2, 0) is 4.79 Å². The van der Waals surface area contributed by atoms with Crippen LogP contribution in [0.2, 0.25) is 0 Å². The zero-order valence-electron chi connectivity index (χ0n) is 15.9. The fraction of sp³-hybridized carbons (Fsp3) is 0.238. The molecule has 6 nitrogen and oxygen atoms in total. The normalized spacial score (nSPS) is 10.8. The van der Waals surface area contributed by atoms with E-state index in [2.05, 4.69) is 21.2 Å². The quantitative estimate of drug-likeness (QED) is 0.467. The summed E-state index contributed by atoms with van der Waals surface area (Å²) >= 11 is 3.46. The third-order valence-electron chi connectivity index (χ3n) is 3.64. The van der Waals surface area contributed by atoms with Crippen molar-refractivity contribution in [1.29, 1.82) is 5.26 Å². The van der Waals surface area contributed by atoms with Crippen LogP contribution in [0, 0.1) is 11.3 Å². The average molecular weight is 445 g/mol. The van der Waals surface area contributed by atoms with Crippen molar-refractivity contribution in [1.82, 2.24) is 0 Å². The highest BCUT2D eigenvalue weighted by Crippen LogP contribution is 2.37. The number of rotatable bonds is 8. The molecule has 0 heterocycles. The first-order valence-electron chi connectivity index (χ1n) is 8.68. The summed E-state index contributed by atoms with van der Waals surface area (Å²) in [5, 5.41) is 12.1. The number of anilines is 1. The van der Waals surface area contributed by atoms with Gasteiger partial charge >= 0.3 is 0 Å². The summed E-state index contributed by atoms with van der Waals surface area (Å²) in [6.07, 6.45) is 1.50. The van der Waals surface area contributed by atoms with Crippen molar-refractivity contribution in [2.45, 2.75) is 13.8 Å². The van der Waals surface area contributed by atoms with E-state index in [0.29, 0.717) is 46.2 Å². The van der Waals surface area contributed by atoms with Crippen molar-refractivity contribution < 1.29 is 19.0 Å². The molecule has 0 aliphatic carbocycles.